The molecule has 0 atom stereocenters. The molecule has 104 valence electrons. The quantitative estimate of drug-likeness (QED) is 0.737. The lowest BCUT2D eigenvalue weighted by Crippen LogP contribution is -2.36. The molecule has 1 saturated carbocycles. The molecule has 21 heavy (non-hydrogen) atoms. The third-order valence-electron chi connectivity index (χ3n) is 4.22. The standard InChI is InChI=1S/C16H14N4O/c1-6-16(7-1,13-4-10-18-11-5-13)15-19-14(21-20-15)12-2-8-17-9-3-12/h2-5,8-11H,1,6-7H2. The molecule has 0 bridgehead atoms. The van der Waals surface area contributed by atoms with Crippen molar-refractivity contribution in [2.45, 2.75) is 24.7 Å². The molecule has 1 aliphatic rings. The maximum atomic E-state index is 5.45. The van der Waals surface area contributed by atoms with Crippen LogP contribution in [0.1, 0.15) is 30.7 Å². The van der Waals surface area contributed by atoms with Crippen molar-refractivity contribution < 1.29 is 4.52 Å². The molecule has 1 aliphatic carbocycles. The predicted octanol–water partition coefficient (Wildman–Crippen LogP) is 3.00. The summed E-state index contributed by atoms with van der Waals surface area (Å²) in [5.41, 5.74) is 2.00. The summed E-state index contributed by atoms with van der Waals surface area (Å²) in [5, 5.41) is 4.24. The van der Waals surface area contributed by atoms with Gasteiger partial charge in [0.05, 0.1) is 5.41 Å². The van der Waals surface area contributed by atoms with Crippen LogP contribution in [0.15, 0.2) is 53.6 Å². The topological polar surface area (TPSA) is 64.7 Å². The molecule has 5 heteroatoms. The van der Waals surface area contributed by atoms with Crippen molar-refractivity contribution in [2.24, 2.45) is 0 Å². The Morgan fingerprint density at radius 3 is 2.19 bits per heavy atom. The second kappa shape index (κ2) is 4.77. The SMILES string of the molecule is c1cc(-c2nc(C3(c4ccncc4)CCC3)no2)ccn1. The van der Waals surface area contributed by atoms with Gasteiger partial charge in [-0.05, 0) is 42.7 Å². The van der Waals surface area contributed by atoms with Gasteiger partial charge in [-0.2, -0.15) is 4.98 Å². The molecular formula is C16H14N4O. The number of pyridine rings is 2. The van der Waals surface area contributed by atoms with E-state index in [4.69, 9.17) is 4.52 Å². The van der Waals surface area contributed by atoms with E-state index in [0.29, 0.717) is 5.89 Å². The Morgan fingerprint density at radius 2 is 1.57 bits per heavy atom. The highest BCUT2D eigenvalue weighted by atomic mass is 16.5. The first-order valence-corrected chi connectivity index (χ1v) is 7.04. The van der Waals surface area contributed by atoms with E-state index in [9.17, 15) is 0 Å². The summed E-state index contributed by atoms with van der Waals surface area (Å²) in [5.74, 6) is 1.32. The number of aromatic nitrogens is 4. The highest BCUT2D eigenvalue weighted by Gasteiger charge is 2.44. The lowest BCUT2D eigenvalue weighted by molar-refractivity contribution is 0.272. The van der Waals surface area contributed by atoms with Crippen LogP contribution in [-0.4, -0.2) is 20.1 Å². The fraction of sp³-hybridized carbons (Fsp3) is 0.250. The summed E-state index contributed by atoms with van der Waals surface area (Å²) >= 11 is 0. The van der Waals surface area contributed by atoms with E-state index >= 15 is 0 Å². The minimum Gasteiger partial charge on any atom is -0.334 e. The molecule has 1 fully saturated rings. The van der Waals surface area contributed by atoms with Gasteiger partial charge in [0.15, 0.2) is 5.82 Å². The molecule has 3 heterocycles. The van der Waals surface area contributed by atoms with Crippen LogP contribution in [0.5, 0.6) is 0 Å². The molecule has 3 aromatic rings. The molecule has 0 unspecified atom stereocenters. The molecule has 4 rings (SSSR count). The van der Waals surface area contributed by atoms with Gasteiger partial charge in [0.2, 0.25) is 0 Å². The van der Waals surface area contributed by atoms with Gasteiger partial charge in [0.1, 0.15) is 0 Å². The molecule has 0 N–H and O–H groups in total. The van der Waals surface area contributed by atoms with Crippen molar-refractivity contribution in [3.8, 4) is 11.5 Å². The summed E-state index contributed by atoms with van der Waals surface area (Å²) < 4.78 is 5.45. The van der Waals surface area contributed by atoms with Crippen LogP contribution in [0.25, 0.3) is 11.5 Å². The monoisotopic (exact) mass is 278 g/mol. The van der Waals surface area contributed by atoms with Gasteiger partial charge in [0.25, 0.3) is 5.89 Å². The first-order chi connectivity index (χ1) is 10.4. The Kier molecular flexibility index (Phi) is 2.77. The summed E-state index contributed by atoms with van der Waals surface area (Å²) in [6, 6.07) is 7.83. The number of rotatable bonds is 3. The summed E-state index contributed by atoms with van der Waals surface area (Å²) in [6.45, 7) is 0. The summed E-state index contributed by atoms with van der Waals surface area (Å²) in [6.07, 6.45) is 10.4. The third kappa shape index (κ3) is 1.93. The average molecular weight is 278 g/mol. The first kappa shape index (κ1) is 12.2. The smallest absolute Gasteiger partial charge is 0.258 e. The maximum absolute atomic E-state index is 5.45. The van der Waals surface area contributed by atoms with Gasteiger partial charge in [-0.3, -0.25) is 9.97 Å². The van der Waals surface area contributed by atoms with Crippen molar-refractivity contribution in [3.05, 3.63) is 60.4 Å². The molecule has 3 aromatic heterocycles. The fourth-order valence-corrected chi connectivity index (χ4v) is 2.87. The fourth-order valence-electron chi connectivity index (χ4n) is 2.87. The lowest BCUT2D eigenvalue weighted by atomic mass is 9.64. The molecule has 0 spiro atoms. The van der Waals surface area contributed by atoms with Crippen molar-refractivity contribution in [2.75, 3.05) is 0 Å². The Labute approximate surface area is 122 Å². The van der Waals surface area contributed by atoms with Gasteiger partial charge in [-0.25, -0.2) is 0 Å². The number of nitrogens with zero attached hydrogens (tertiary/aromatic N) is 4. The van der Waals surface area contributed by atoms with Gasteiger partial charge < -0.3 is 4.52 Å². The van der Waals surface area contributed by atoms with Gasteiger partial charge >= 0.3 is 0 Å². The first-order valence-electron chi connectivity index (χ1n) is 7.04. The van der Waals surface area contributed by atoms with E-state index in [1.807, 2.05) is 36.7 Å². The van der Waals surface area contributed by atoms with Crippen LogP contribution >= 0.6 is 0 Å². The zero-order chi connectivity index (χ0) is 14.1. The largest absolute Gasteiger partial charge is 0.334 e. The maximum Gasteiger partial charge on any atom is 0.258 e. The summed E-state index contributed by atoms with van der Waals surface area (Å²) in [4.78, 5) is 12.7. The molecule has 0 radical (unpaired) electrons. The molecule has 0 saturated heterocycles. The second-order valence-corrected chi connectivity index (χ2v) is 5.33. The van der Waals surface area contributed by atoms with Crippen LogP contribution in [-0.2, 0) is 5.41 Å². The predicted molar refractivity (Wildman–Crippen MR) is 76.4 cm³/mol. The van der Waals surface area contributed by atoms with Crippen LogP contribution in [0.3, 0.4) is 0 Å². The highest BCUT2D eigenvalue weighted by molar-refractivity contribution is 5.51. The Balaban J connectivity index is 1.75. The molecular weight excluding hydrogens is 264 g/mol. The van der Waals surface area contributed by atoms with E-state index in [1.165, 1.54) is 12.0 Å². The van der Waals surface area contributed by atoms with Crippen molar-refractivity contribution >= 4 is 0 Å². The van der Waals surface area contributed by atoms with Gasteiger partial charge in [-0.15, -0.1) is 0 Å². The highest BCUT2D eigenvalue weighted by Crippen LogP contribution is 2.47. The van der Waals surface area contributed by atoms with E-state index in [1.54, 1.807) is 12.4 Å². The van der Waals surface area contributed by atoms with Crippen molar-refractivity contribution in [1.29, 1.82) is 0 Å². The number of hydrogen-bond donors (Lipinski definition) is 0. The van der Waals surface area contributed by atoms with Crippen molar-refractivity contribution in [1.82, 2.24) is 20.1 Å². The number of hydrogen-bond acceptors (Lipinski definition) is 5. The second-order valence-electron chi connectivity index (χ2n) is 5.33. The van der Waals surface area contributed by atoms with E-state index in [0.717, 1.165) is 24.2 Å². The Morgan fingerprint density at radius 1 is 0.905 bits per heavy atom. The minimum atomic E-state index is -0.113. The van der Waals surface area contributed by atoms with Gasteiger partial charge in [0, 0.05) is 30.4 Å². The zero-order valence-electron chi connectivity index (χ0n) is 11.4. The molecule has 0 aliphatic heterocycles. The normalized spacial score (nSPS) is 16.4. The van der Waals surface area contributed by atoms with E-state index in [2.05, 4.69) is 20.1 Å². The minimum absolute atomic E-state index is 0.113. The van der Waals surface area contributed by atoms with Crippen LogP contribution < -0.4 is 0 Å². The average Bonchev–Trinajstić information content (AvgIpc) is 2.98. The Bertz CT molecular complexity index is 735. The van der Waals surface area contributed by atoms with Crippen LogP contribution in [0.2, 0.25) is 0 Å². The van der Waals surface area contributed by atoms with Gasteiger partial charge in [-0.1, -0.05) is 11.6 Å². The molecule has 5 nitrogen and oxygen atoms in total. The van der Waals surface area contributed by atoms with E-state index in [-0.39, 0.29) is 5.41 Å². The third-order valence-corrected chi connectivity index (χ3v) is 4.22. The van der Waals surface area contributed by atoms with Crippen LogP contribution in [0, 0.1) is 0 Å². The van der Waals surface area contributed by atoms with Crippen molar-refractivity contribution in [3.63, 3.8) is 0 Å². The molecule has 0 amide bonds. The summed E-state index contributed by atoms with van der Waals surface area (Å²) in [7, 11) is 0. The van der Waals surface area contributed by atoms with E-state index < -0.39 is 0 Å². The Hall–Kier alpha value is -2.56. The lowest BCUT2D eigenvalue weighted by Gasteiger charge is -2.39. The molecule has 0 aromatic carbocycles. The zero-order valence-corrected chi connectivity index (χ0v) is 11.4. The van der Waals surface area contributed by atoms with Crippen LogP contribution in [0.4, 0.5) is 0 Å².